The van der Waals surface area contributed by atoms with Crippen molar-refractivity contribution in [2.45, 2.75) is 7.43 Å². The molecule has 3 N–H and O–H groups in total. The molecule has 0 aliphatic heterocycles. The van der Waals surface area contributed by atoms with Crippen molar-refractivity contribution in [2.24, 2.45) is 0 Å². The molecule has 0 fully saturated rings. The highest BCUT2D eigenvalue weighted by Crippen LogP contribution is 2.23. The number of anilines is 2. The van der Waals surface area contributed by atoms with E-state index in [4.69, 9.17) is 11.6 Å². The second-order valence-electron chi connectivity index (χ2n) is 3.94. The van der Waals surface area contributed by atoms with E-state index in [0.29, 0.717) is 10.7 Å². The maximum atomic E-state index is 12.0. The average molecular weight is 293 g/mol. The molecule has 0 aliphatic rings. The summed E-state index contributed by atoms with van der Waals surface area (Å²) in [6.07, 6.45) is 0. The summed E-state index contributed by atoms with van der Waals surface area (Å²) in [5.41, 5.74) is 1.73. The standard InChI is InChI=1S/C14H13ClN2O2.CH4/c1-16-10-3-5-11(6-4-10)17-14(19)12-8-9(15)2-7-13(12)18;/h2-8,16,18H,1H3,(H,17,19);1H4. The van der Waals surface area contributed by atoms with Gasteiger partial charge in [0.1, 0.15) is 5.75 Å². The normalized spacial score (nSPS) is 9.50. The number of carbonyl (C=O) groups is 1. The number of aromatic hydroxyl groups is 1. The van der Waals surface area contributed by atoms with E-state index >= 15 is 0 Å². The highest BCUT2D eigenvalue weighted by atomic mass is 35.5. The van der Waals surface area contributed by atoms with Crippen molar-refractivity contribution < 1.29 is 9.90 Å². The maximum Gasteiger partial charge on any atom is 0.259 e. The first-order valence-electron chi connectivity index (χ1n) is 5.68. The average Bonchev–Trinajstić information content (AvgIpc) is 2.42. The van der Waals surface area contributed by atoms with Gasteiger partial charge in [0.2, 0.25) is 0 Å². The Morgan fingerprint density at radius 2 is 1.70 bits per heavy atom. The quantitative estimate of drug-likeness (QED) is 0.802. The van der Waals surface area contributed by atoms with Crippen molar-refractivity contribution in [2.75, 3.05) is 17.7 Å². The van der Waals surface area contributed by atoms with Crippen LogP contribution in [0.4, 0.5) is 11.4 Å². The zero-order valence-corrected chi connectivity index (χ0v) is 11.0. The fourth-order valence-corrected chi connectivity index (χ4v) is 1.78. The second-order valence-corrected chi connectivity index (χ2v) is 4.38. The summed E-state index contributed by atoms with van der Waals surface area (Å²) in [7, 11) is 1.82. The molecule has 0 saturated heterocycles. The number of halogens is 1. The van der Waals surface area contributed by atoms with Gasteiger partial charge in [-0.2, -0.15) is 0 Å². The summed E-state index contributed by atoms with van der Waals surface area (Å²) in [5.74, 6) is -0.508. The predicted octanol–water partition coefficient (Wildman–Crippen LogP) is 3.98. The Kier molecular flexibility index (Phi) is 5.41. The zero-order valence-electron chi connectivity index (χ0n) is 10.3. The first-order valence-corrected chi connectivity index (χ1v) is 6.05. The number of nitrogens with one attached hydrogen (secondary N) is 2. The Balaban J connectivity index is 0.00000200. The first-order chi connectivity index (χ1) is 9.10. The number of carbonyl (C=O) groups excluding carboxylic acids is 1. The van der Waals surface area contributed by atoms with Crippen LogP contribution in [0.5, 0.6) is 5.75 Å². The van der Waals surface area contributed by atoms with E-state index in [1.807, 2.05) is 19.2 Å². The molecule has 1 amide bonds. The molecule has 2 aromatic rings. The Hall–Kier alpha value is -2.20. The van der Waals surface area contributed by atoms with E-state index < -0.39 is 5.91 Å². The Morgan fingerprint density at radius 1 is 1.10 bits per heavy atom. The molecule has 0 aliphatic carbocycles. The van der Waals surface area contributed by atoms with Gasteiger partial charge >= 0.3 is 0 Å². The third kappa shape index (κ3) is 3.65. The maximum absolute atomic E-state index is 12.0. The summed E-state index contributed by atoms with van der Waals surface area (Å²) in [5, 5.41) is 15.7. The van der Waals surface area contributed by atoms with Crippen LogP contribution in [0.25, 0.3) is 0 Å². The molecule has 2 rings (SSSR count). The molecular formula is C15H17ClN2O2. The van der Waals surface area contributed by atoms with Gasteiger partial charge < -0.3 is 15.7 Å². The van der Waals surface area contributed by atoms with Crippen LogP contribution < -0.4 is 10.6 Å². The highest BCUT2D eigenvalue weighted by molar-refractivity contribution is 6.31. The molecular weight excluding hydrogens is 276 g/mol. The van der Waals surface area contributed by atoms with E-state index in [9.17, 15) is 9.90 Å². The molecule has 4 nitrogen and oxygen atoms in total. The molecule has 106 valence electrons. The van der Waals surface area contributed by atoms with Crippen molar-refractivity contribution in [1.29, 1.82) is 0 Å². The molecule has 0 atom stereocenters. The van der Waals surface area contributed by atoms with Gasteiger partial charge in [0.25, 0.3) is 5.91 Å². The number of rotatable bonds is 3. The van der Waals surface area contributed by atoms with Crippen LogP contribution in [0.15, 0.2) is 42.5 Å². The van der Waals surface area contributed by atoms with E-state index in [0.717, 1.165) is 5.69 Å². The molecule has 0 saturated carbocycles. The number of benzene rings is 2. The Morgan fingerprint density at radius 3 is 2.30 bits per heavy atom. The summed E-state index contributed by atoms with van der Waals surface area (Å²) in [4.78, 5) is 12.0. The van der Waals surface area contributed by atoms with Gasteiger partial charge in [0, 0.05) is 23.4 Å². The van der Waals surface area contributed by atoms with Crippen molar-refractivity contribution in [1.82, 2.24) is 0 Å². The van der Waals surface area contributed by atoms with Gasteiger partial charge in [-0.1, -0.05) is 19.0 Å². The van der Waals surface area contributed by atoms with Crippen LogP contribution in [0.2, 0.25) is 5.02 Å². The van der Waals surface area contributed by atoms with Crippen LogP contribution in [-0.4, -0.2) is 18.1 Å². The molecule has 0 unspecified atom stereocenters. The smallest absolute Gasteiger partial charge is 0.259 e. The molecule has 0 radical (unpaired) electrons. The number of hydrogen-bond donors (Lipinski definition) is 3. The van der Waals surface area contributed by atoms with Crippen molar-refractivity contribution in [3.05, 3.63) is 53.1 Å². The van der Waals surface area contributed by atoms with Crippen LogP contribution >= 0.6 is 11.6 Å². The fourth-order valence-electron chi connectivity index (χ4n) is 1.61. The SMILES string of the molecule is C.CNc1ccc(NC(=O)c2cc(Cl)ccc2O)cc1. The van der Waals surface area contributed by atoms with E-state index in [1.54, 1.807) is 12.1 Å². The van der Waals surface area contributed by atoms with Crippen molar-refractivity contribution >= 4 is 28.9 Å². The van der Waals surface area contributed by atoms with E-state index in [-0.39, 0.29) is 18.7 Å². The number of hydrogen-bond acceptors (Lipinski definition) is 3. The fraction of sp³-hybridized carbons (Fsp3) is 0.133. The van der Waals surface area contributed by atoms with E-state index in [1.165, 1.54) is 18.2 Å². The lowest BCUT2D eigenvalue weighted by Gasteiger charge is -2.08. The van der Waals surface area contributed by atoms with E-state index in [2.05, 4.69) is 10.6 Å². The van der Waals surface area contributed by atoms with Crippen LogP contribution in [0.3, 0.4) is 0 Å². The number of phenolic OH excluding ortho intramolecular Hbond substituents is 1. The lowest BCUT2D eigenvalue weighted by molar-refractivity contribution is 0.102. The van der Waals surface area contributed by atoms with Gasteiger partial charge in [-0.25, -0.2) is 0 Å². The topological polar surface area (TPSA) is 61.4 Å². The molecule has 0 spiro atoms. The minimum Gasteiger partial charge on any atom is -0.507 e. The van der Waals surface area contributed by atoms with Crippen molar-refractivity contribution in [3.63, 3.8) is 0 Å². The zero-order chi connectivity index (χ0) is 13.8. The lowest BCUT2D eigenvalue weighted by Crippen LogP contribution is -2.12. The lowest BCUT2D eigenvalue weighted by atomic mass is 10.2. The predicted molar refractivity (Wildman–Crippen MR) is 83.8 cm³/mol. The Labute approximate surface area is 123 Å². The van der Waals surface area contributed by atoms with Gasteiger partial charge in [0.05, 0.1) is 5.56 Å². The second kappa shape index (κ2) is 6.82. The van der Waals surface area contributed by atoms with Gasteiger partial charge in [-0.15, -0.1) is 0 Å². The molecule has 0 aromatic heterocycles. The summed E-state index contributed by atoms with van der Waals surface area (Å²) >= 11 is 5.80. The summed E-state index contributed by atoms with van der Waals surface area (Å²) < 4.78 is 0. The number of amides is 1. The monoisotopic (exact) mass is 292 g/mol. The molecule has 0 heterocycles. The molecule has 2 aromatic carbocycles. The summed E-state index contributed by atoms with van der Waals surface area (Å²) in [6.45, 7) is 0. The van der Waals surface area contributed by atoms with Crippen molar-refractivity contribution in [3.8, 4) is 5.75 Å². The van der Waals surface area contributed by atoms with Crippen LogP contribution in [0.1, 0.15) is 17.8 Å². The van der Waals surface area contributed by atoms with Gasteiger partial charge in [0.15, 0.2) is 0 Å². The minimum atomic E-state index is -0.405. The number of phenols is 1. The largest absolute Gasteiger partial charge is 0.507 e. The third-order valence-corrected chi connectivity index (χ3v) is 2.87. The van der Waals surface area contributed by atoms with Gasteiger partial charge in [-0.05, 0) is 42.5 Å². The van der Waals surface area contributed by atoms with Crippen LogP contribution in [-0.2, 0) is 0 Å². The highest BCUT2D eigenvalue weighted by Gasteiger charge is 2.11. The molecule has 5 heteroatoms. The molecule has 20 heavy (non-hydrogen) atoms. The third-order valence-electron chi connectivity index (χ3n) is 2.63. The van der Waals surface area contributed by atoms with Crippen LogP contribution in [0, 0.1) is 0 Å². The summed E-state index contributed by atoms with van der Waals surface area (Å²) in [6, 6.07) is 11.6. The first kappa shape index (κ1) is 15.9. The minimum absolute atomic E-state index is 0. The molecule has 0 bridgehead atoms. The van der Waals surface area contributed by atoms with Gasteiger partial charge in [-0.3, -0.25) is 4.79 Å². The Bertz CT molecular complexity index is 597.